The molecule has 2 aromatic rings. The van der Waals surface area contributed by atoms with Gasteiger partial charge in [0.15, 0.2) is 0 Å². The van der Waals surface area contributed by atoms with Gasteiger partial charge in [-0.2, -0.15) is 4.31 Å². The van der Waals surface area contributed by atoms with E-state index in [0.29, 0.717) is 30.0 Å². The van der Waals surface area contributed by atoms with Crippen LogP contribution in [0.4, 0.5) is 5.00 Å². The standard InChI is InChI=1S/C17H20N2O5S3/c1-10-11(2)26-16(14(10)17(21)24-3)18-15(20)12-6-4-8-19(12)27(22,23)13-7-5-9-25-13/h5,7,9,12H,4,6,8H2,1-3H3,(H,18,20). The molecule has 0 aromatic carbocycles. The van der Waals surface area contributed by atoms with Crippen LogP contribution >= 0.6 is 22.7 Å². The van der Waals surface area contributed by atoms with E-state index in [2.05, 4.69) is 5.32 Å². The van der Waals surface area contributed by atoms with E-state index >= 15 is 0 Å². The molecule has 146 valence electrons. The number of aryl methyl sites for hydroxylation is 1. The SMILES string of the molecule is COC(=O)c1c(NC(=O)C2CCCN2S(=O)(=O)c2cccs2)sc(C)c1C. The Balaban J connectivity index is 1.87. The molecule has 2 aromatic heterocycles. The number of rotatable bonds is 5. The molecule has 3 rings (SSSR count). The maximum Gasteiger partial charge on any atom is 0.341 e. The molecule has 1 aliphatic heterocycles. The van der Waals surface area contributed by atoms with Crippen molar-refractivity contribution in [2.45, 2.75) is 36.9 Å². The van der Waals surface area contributed by atoms with E-state index in [1.165, 1.54) is 28.8 Å². The number of nitrogens with one attached hydrogen (secondary N) is 1. The third-order valence-electron chi connectivity index (χ3n) is 4.58. The van der Waals surface area contributed by atoms with Gasteiger partial charge in [-0.1, -0.05) is 6.07 Å². The van der Waals surface area contributed by atoms with Crippen LogP contribution < -0.4 is 5.32 Å². The summed E-state index contributed by atoms with van der Waals surface area (Å²) in [5.41, 5.74) is 1.07. The molecular formula is C17H20N2O5S3. The van der Waals surface area contributed by atoms with Gasteiger partial charge in [-0.05, 0) is 43.7 Å². The fraction of sp³-hybridized carbons (Fsp3) is 0.412. The number of amides is 1. The molecule has 0 saturated carbocycles. The zero-order chi connectivity index (χ0) is 19.8. The molecule has 1 amide bonds. The number of nitrogens with zero attached hydrogens (tertiary/aromatic N) is 1. The van der Waals surface area contributed by atoms with Gasteiger partial charge in [-0.15, -0.1) is 22.7 Å². The molecular weight excluding hydrogens is 408 g/mol. The summed E-state index contributed by atoms with van der Waals surface area (Å²) in [6, 6.07) is 2.40. The molecule has 1 atom stereocenters. The summed E-state index contributed by atoms with van der Waals surface area (Å²) in [5, 5.41) is 4.84. The quantitative estimate of drug-likeness (QED) is 0.739. The average Bonchev–Trinajstić information content (AvgIpc) is 3.36. The van der Waals surface area contributed by atoms with Crippen molar-refractivity contribution in [2.24, 2.45) is 0 Å². The highest BCUT2D eigenvalue weighted by molar-refractivity contribution is 7.91. The Labute approximate surface area is 166 Å². The Kier molecular flexibility index (Phi) is 5.71. The minimum absolute atomic E-state index is 0.222. The minimum Gasteiger partial charge on any atom is -0.465 e. The molecule has 1 unspecified atom stereocenters. The average molecular weight is 429 g/mol. The Hall–Kier alpha value is -1.75. The number of sulfonamides is 1. The molecule has 10 heteroatoms. The Morgan fingerprint density at radius 1 is 1.33 bits per heavy atom. The molecule has 1 fully saturated rings. The molecule has 0 bridgehead atoms. The van der Waals surface area contributed by atoms with Gasteiger partial charge in [0.1, 0.15) is 15.3 Å². The highest BCUT2D eigenvalue weighted by atomic mass is 32.2. The van der Waals surface area contributed by atoms with Crippen molar-refractivity contribution in [3.8, 4) is 0 Å². The second-order valence-corrected chi connectivity index (χ2v) is 10.5. The summed E-state index contributed by atoms with van der Waals surface area (Å²) in [4.78, 5) is 25.8. The van der Waals surface area contributed by atoms with Crippen molar-refractivity contribution >= 4 is 49.6 Å². The number of hydrogen-bond acceptors (Lipinski definition) is 7. The summed E-state index contributed by atoms with van der Waals surface area (Å²) in [6.45, 7) is 3.94. The number of methoxy groups -OCH3 is 1. The first-order chi connectivity index (χ1) is 12.8. The van der Waals surface area contributed by atoms with E-state index in [1.807, 2.05) is 6.92 Å². The van der Waals surface area contributed by atoms with Gasteiger partial charge in [0, 0.05) is 11.4 Å². The zero-order valence-corrected chi connectivity index (χ0v) is 17.6. The van der Waals surface area contributed by atoms with Crippen LogP contribution in [0.5, 0.6) is 0 Å². The third kappa shape index (κ3) is 3.66. The lowest BCUT2D eigenvalue weighted by Gasteiger charge is -2.22. The smallest absolute Gasteiger partial charge is 0.341 e. The maximum atomic E-state index is 12.9. The lowest BCUT2D eigenvalue weighted by molar-refractivity contribution is -0.119. The maximum absolute atomic E-state index is 12.9. The van der Waals surface area contributed by atoms with Crippen molar-refractivity contribution in [2.75, 3.05) is 19.0 Å². The van der Waals surface area contributed by atoms with Gasteiger partial charge in [0.2, 0.25) is 5.91 Å². The van der Waals surface area contributed by atoms with E-state index in [0.717, 1.165) is 21.8 Å². The number of carbonyl (C=O) groups is 2. The van der Waals surface area contributed by atoms with Crippen LogP contribution in [0.15, 0.2) is 21.7 Å². The summed E-state index contributed by atoms with van der Waals surface area (Å²) in [6.07, 6.45) is 1.04. The van der Waals surface area contributed by atoms with Gasteiger partial charge in [0.25, 0.3) is 10.0 Å². The largest absolute Gasteiger partial charge is 0.465 e. The molecule has 7 nitrogen and oxygen atoms in total. The fourth-order valence-corrected chi connectivity index (χ4v) is 6.90. The van der Waals surface area contributed by atoms with Crippen molar-refractivity contribution in [3.63, 3.8) is 0 Å². The fourth-order valence-electron chi connectivity index (χ4n) is 3.07. The molecule has 3 heterocycles. The minimum atomic E-state index is -3.71. The van der Waals surface area contributed by atoms with Crippen LogP contribution in [-0.2, 0) is 19.6 Å². The number of thiophene rings is 2. The van der Waals surface area contributed by atoms with Gasteiger partial charge >= 0.3 is 5.97 Å². The predicted molar refractivity (Wildman–Crippen MR) is 105 cm³/mol. The lowest BCUT2D eigenvalue weighted by atomic mass is 10.1. The summed E-state index contributed by atoms with van der Waals surface area (Å²) >= 11 is 2.41. The van der Waals surface area contributed by atoms with Crippen molar-refractivity contribution in [1.29, 1.82) is 0 Å². The van der Waals surface area contributed by atoms with Crippen LogP contribution in [0.2, 0.25) is 0 Å². The van der Waals surface area contributed by atoms with E-state index in [-0.39, 0.29) is 4.21 Å². The molecule has 0 spiro atoms. The van der Waals surface area contributed by atoms with E-state index < -0.39 is 27.9 Å². The summed E-state index contributed by atoms with van der Waals surface area (Å²) in [5.74, 6) is -0.958. The van der Waals surface area contributed by atoms with Gasteiger partial charge in [-0.3, -0.25) is 4.79 Å². The summed E-state index contributed by atoms with van der Waals surface area (Å²) < 4.78 is 31.9. The van der Waals surface area contributed by atoms with Crippen molar-refractivity contribution in [3.05, 3.63) is 33.5 Å². The number of ether oxygens (including phenoxy) is 1. The van der Waals surface area contributed by atoms with Crippen LogP contribution in [0, 0.1) is 13.8 Å². The normalized spacial score (nSPS) is 17.8. The second-order valence-electron chi connectivity index (χ2n) is 6.17. The van der Waals surface area contributed by atoms with Crippen LogP contribution in [0.3, 0.4) is 0 Å². The van der Waals surface area contributed by atoms with Crippen LogP contribution in [-0.4, -0.2) is 44.3 Å². The molecule has 1 aliphatic rings. The number of esters is 1. The second kappa shape index (κ2) is 7.70. The molecule has 1 saturated heterocycles. The molecule has 0 aliphatic carbocycles. The van der Waals surface area contributed by atoms with Crippen molar-refractivity contribution in [1.82, 2.24) is 4.31 Å². The number of carbonyl (C=O) groups excluding carboxylic acids is 2. The zero-order valence-electron chi connectivity index (χ0n) is 15.1. The van der Waals surface area contributed by atoms with Crippen LogP contribution in [0.1, 0.15) is 33.6 Å². The highest BCUT2D eigenvalue weighted by Crippen LogP contribution is 2.34. The predicted octanol–water partition coefficient (Wildman–Crippen LogP) is 3.00. The number of hydrogen-bond donors (Lipinski definition) is 1. The molecule has 1 N–H and O–H groups in total. The molecule has 27 heavy (non-hydrogen) atoms. The van der Waals surface area contributed by atoms with Crippen LogP contribution in [0.25, 0.3) is 0 Å². The lowest BCUT2D eigenvalue weighted by Crippen LogP contribution is -2.42. The van der Waals surface area contributed by atoms with Crippen molar-refractivity contribution < 1.29 is 22.7 Å². The first kappa shape index (κ1) is 20.0. The third-order valence-corrected chi connectivity index (χ3v) is 8.98. The first-order valence-corrected chi connectivity index (χ1v) is 11.5. The van der Waals surface area contributed by atoms with E-state index in [4.69, 9.17) is 4.74 Å². The number of anilines is 1. The Morgan fingerprint density at radius 3 is 2.70 bits per heavy atom. The summed E-state index contributed by atoms with van der Waals surface area (Å²) in [7, 11) is -2.43. The Morgan fingerprint density at radius 2 is 2.07 bits per heavy atom. The van der Waals surface area contributed by atoms with Gasteiger partial charge in [0.05, 0.1) is 12.7 Å². The van der Waals surface area contributed by atoms with Gasteiger partial charge < -0.3 is 10.1 Å². The topological polar surface area (TPSA) is 92.8 Å². The molecule has 0 radical (unpaired) electrons. The monoisotopic (exact) mass is 428 g/mol. The van der Waals surface area contributed by atoms with E-state index in [9.17, 15) is 18.0 Å². The first-order valence-electron chi connectivity index (χ1n) is 8.32. The van der Waals surface area contributed by atoms with E-state index in [1.54, 1.807) is 18.4 Å². The Bertz CT molecular complexity index is 963. The van der Waals surface area contributed by atoms with Gasteiger partial charge in [-0.25, -0.2) is 13.2 Å². The highest BCUT2D eigenvalue weighted by Gasteiger charge is 2.40.